The minimum atomic E-state index is -3.55. The number of amides is 1. The Morgan fingerprint density at radius 1 is 1.09 bits per heavy atom. The smallest absolute Gasteiger partial charge is 0.251 e. The molecule has 2 atom stereocenters. The zero-order chi connectivity index (χ0) is 31.7. The number of aliphatic hydroxyl groups excluding tert-OH is 1. The van der Waals surface area contributed by atoms with E-state index in [0.29, 0.717) is 30.8 Å². The molecule has 0 aliphatic carbocycles. The summed E-state index contributed by atoms with van der Waals surface area (Å²) in [5.41, 5.74) is 7.15. The van der Waals surface area contributed by atoms with Crippen molar-refractivity contribution in [3.63, 3.8) is 0 Å². The van der Waals surface area contributed by atoms with Gasteiger partial charge in [-0.2, -0.15) is 0 Å². The summed E-state index contributed by atoms with van der Waals surface area (Å²) in [6.07, 6.45) is 3.94. The summed E-state index contributed by atoms with van der Waals surface area (Å²) in [5, 5.41) is 18.5. The molecule has 2 aromatic heterocycles. The van der Waals surface area contributed by atoms with Crippen molar-refractivity contribution in [3.8, 4) is 0 Å². The Balaban J connectivity index is 1.24. The summed E-state index contributed by atoms with van der Waals surface area (Å²) in [7, 11) is -2.01. The van der Waals surface area contributed by atoms with E-state index in [2.05, 4.69) is 20.6 Å². The first-order chi connectivity index (χ1) is 21.6. The van der Waals surface area contributed by atoms with Crippen LogP contribution in [0.3, 0.4) is 0 Å². The standard InChI is InChI=1S/C34H38N6O4S/c1-4-24-21-40-12-13-45(43,44)39(3)31-17-25(16-27(24)33(31)40)34(42)38-30(15-23-8-6-5-7-9-23)32(41)20-35-18-26-19-36-29-14-22(2)10-11-28(29)37-26/h5-11,14,16-17,19,21,30,32,35,41H,4,12-13,15,18,20H2,1-3H3,(H,38,42)/t30-,32+/m0/s1. The Labute approximate surface area is 263 Å². The third-order valence-electron chi connectivity index (χ3n) is 8.51. The Morgan fingerprint density at radius 2 is 1.89 bits per heavy atom. The van der Waals surface area contributed by atoms with Gasteiger partial charge in [0.25, 0.3) is 5.91 Å². The Kier molecular flexibility index (Phi) is 8.59. The molecule has 45 heavy (non-hydrogen) atoms. The Hall–Kier alpha value is -4.32. The number of nitrogens with one attached hydrogen (secondary N) is 2. The molecule has 0 saturated carbocycles. The maximum atomic E-state index is 13.8. The van der Waals surface area contributed by atoms with Crippen LogP contribution < -0.4 is 14.9 Å². The fourth-order valence-corrected chi connectivity index (χ4v) is 7.10. The van der Waals surface area contributed by atoms with E-state index in [1.807, 2.05) is 79.2 Å². The lowest BCUT2D eigenvalue weighted by atomic mass is 10.00. The fraction of sp³-hybridized carbons (Fsp3) is 0.324. The second kappa shape index (κ2) is 12.6. The van der Waals surface area contributed by atoms with Crippen LogP contribution in [-0.4, -0.2) is 65.5 Å². The second-order valence-electron chi connectivity index (χ2n) is 11.7. The molecule has 11 heteroatoms. The van der Waals surface area contributed by atoms with Crippen LogP contribution in [0.15, 0.2) is 73.1 Å². The van der Waals surface area contributed by atoms with Gasteiger partial charge in [0.05, 0.1) is 52.0 Å². The van der Waals surface area contributed by atoms with Gasteiger partial charge in [0.1, 0.15) is 0 Å². The van der Waals surface area contributed by atoms with E-state index in [1.54, 1.807) is 12.3 Å². The first-order valence-electron chi connectivity index (χ1n) is 15.2. The highest BCUT2D eigenvalue weighted by Crippen LogP contribution is 2.35. The monoisotopic (exact) mass is 626 g/mol. The van der Waals surface area contributed by atoms with E-state index < -0.39 is 22.2 Å². The first-order valence-corrected chi connectivity index (χ1v) is 16.8. The Bertz CT molecular complexity index is 1980. The van der Waals surface area contributed by atoms with E-state index in [0.717, 1.165) is 50.7 Å². The lowest BCUT2D eigenvalue weighted by molar-refractivity contribution is 0.0830. The predicted molar refractivity (Wildman–Crippen MR) is 177 cm³/mol. The van der Waals surface area contributed by atoms with Gasteiger partial charge in [-0.3, -0.25) is 14.1 Å². The van der Waals surface area contributed by atoms with Crippen molar-refractivity contribution in [2.45, 2.75) is 51.9 Å². The summed E-state index contributed by atoms with van der Waals surface area (Å²) in [6.45, 7) is 5.02. The van der Waals surface area contributed by atoms with Gasteiger partial charge in [-0.1, -0.05) is 43.3 Å². The quantitative estimate of drug-likeness (QED) is 0.216. The van der Waals surface area contributed by atoms with Gasteiger partial charge in [-0.15, -0.1) is 0 Å². The van der Waals surface area contributed by atoms with Gasteiger partial charge in [0.15, 0.2) is 0 Å². The summed E-state index contributed by atoms with van der Waals surface area (Å²) in [6, 6.07) is 18.5. The highest BCUT2D eigenvalue weighted by atomic mass is 32.2. The average Bonchev–Trinajstić information content (AvgIpc) is 3.36. The van der Waals surface area contributed by atoms with E-state index in [4.69, 9.17) is 0 Å². The molecule has 1 aliphatic rings. The third kappa shape index (κ3) is 6.42. The highest BCUT2D eigenvalue weighted by Gasteiger charge is 2.29. The summed E-state index contributed by atoms with van der Waals surface area (Å²) in [4.78, 5) is 23.0. The van der Waals surface area contributed by atoms with Gasteiger partial charge in [0, 0.05) is 43.8 Å². The molecular formula is C34H38N6O4S. The van der Waals surface area contributed by atoms with Crippen LogP contribution in [0.1, 0.15) is 39.7 Å². The van der Waals surface area contributed by atoms with Crippen LogP contribution in [0.5, 0.6) is 0 Å². The molecule has 0 fully saturated rings. The van der Waals surface area contributed by atoms with Crippen LogP contribution in [0.2, 0.25) is 0 Å². The largest absolute Gasteiger partial charge is 0.390 e. The van der Waals surface area contributed by atoms with Crippen LogP contribution in [0.25, 0.3) is 21.9 Å². The topological polar surface area (TPSA) is 129 Å². The molecule has 0 spiro atoms. The number of aryl methyl sites for hydroxylation is 3. The molecule has 1 aliphatic heterocycles. The number of sulfonamides is 1. The number of nitrogens with zero attached hydrogens (tertiary/aromatic N) is 4. The molecule has 3 heterocycles. The van der Waals surface area contributed by atoms with Crippen LogP contribution in [0.4, 0.5) is 5.69 Å². The average molecular weight is 627 g/mol. The van der Waals surface area contributed by atoms with Crippen molar-refractivity contribution in [3.05, 3.63) is 101 Å². The van der Waals surface area contributed by atoms with Gasteiger partial charge >= 0.3 is 0 Å². The number of hydrogen-bond donors (Lipinski definition) is 3. The maximum absolute atomic E-state index is 13.8. The number of benzene rings is 3. The molecule has 0 unspecified atom stereocenters. The molecule has 10 nitrogen and oxygen atoms in total. The number of fused-ring (bicyclic) bond motifs is 1. The van der Waals surface area contributed by atoms with Crippen molar-refractivity contribution in [1.82, 2.24) is 25.2 Å². The predicted octanol–water partition coefficient (Wildman–Crippen LogP) is 3.73. The molecule has 3 N–H and O–H groups in total. The van der Waals surface area contributed by atoms with Crippen LogP contribution in [0, 0.1) is 6.92 Å². The first kappa shape index (κ1) is 30.7. The SMILES string of the molecule is CCc1cn2c3c(cc(C(=O)N[C@@H](Cc4ccccc4)[C@H](O)CNCc4cnc5cc(C)ccc5n4)cc13)N(C)S(=O)(=O)CC2. The zero-order valence-electron chi connectivity index (χ0n) is 25.7. The van der Waals surface area contributed by atoms with Gasteiger partial charge in [-0.25, -0.2) is 13.4 Å². The number of aliphatic hydroxyl groups is 1. The molecule has 0 bridgehead atoms. The molecule has 1 amide bonds. The van der Waals surface area contributed by atoms with Gasteiger partial charge in [0.2, 0.25) is 10.0 Å². The van der Waals surface area contributed by atoms with Crippen LogP contribution >= 0.6 is 0 Å². The zero-order valence-corrected chi connectivity index (χ0v) is 26.5. The number of hydrogen-bond acceptors (Lipinski definition) is 7. The summed E-state index contributed by atoms with van der Waals surface area (Å²) in [5.74, 6) is -0.399. The summed E-state index contributed by atoms with van der Waals surface area (Å²) < 4.78 is 29.2. The molecule has 0 saturated heterocycles. The molecule has 3 aromatic carbocycles. The lowest BCUT2D eigenvalue weighted by Crippen LogP contribution is -2.48. The van der Waals surface area contributed by atoms with E-state index in [1.165, 1.54) is 11.4 Å². The van der Waals surface area contributed by atoms with Crippen molar-refractivity contribution in [2.75, 3.05) is 23.7 Å². The second-order valence-corrected chi connectivity index (χ2v) is 13.8. The van der Waals surface area contributed by atoms with Gasteiger partial charge < -0.3 is 20.3 Å². The summed E-state index contributed by atoms with van der Waals surface area (Å²) >= 11 is 0. The molecular weight excluding hydrogens is 588 g/mol. The van der Waals surface area contributed by atoms with Crippen LogP contribution in [-0.2, 0) is 36.0 Å². The third-order valence-corrected chi connectivity index (χ3v) is 10.2. The highest BCUT2D eigenvalue weighted by molar-refractivity contribution is 7.92. The molecule has 234 valence electrons. The number of aromatic nitrogens is 3. The van der Waals surface area contributed by atoms with Crippen molar-refractivity contribution in [2.24, 2.45) is 0 Å². The molecule has 5 aromatic rings. The number of rotatable bonds is 10. The number of carbonyl (C=O) groups is 1. The van der Waals surface area contributed by atoms with Gasteiger partial charge in [-0.05, 0) is 60.7 Å². The fourth-order valence-electron chi connectivity index (χ4n) is 5.96. The van der Waals surface area contributed by atoms with E-state index in [-0.39, 0.29) is 18.2 Å². The lowest BCUT2D eigenvalue weighted by Gasteiger charge is -2.25. The van der Waals surface area contributed by atoms with Crippen molar-refractivity contribution in [1.29, 1.82) is 0 Å². The van der Waals surface area contributed by atoms with Crippen molar-refractivity contribution >= 4 is 43.6 Å². The Morgan fingerprint density at radius 3 is 2.67 bits per heavy atom. The maximum Gasteiger partial charge on any atom is 0.251 e. The van der Waals surface area contributed by atoms with E-state index >= 15 is 0 Å². The normalized spacial score (nSPS) is 15.6. The molecule has 6 rings (SSSR count). The molecule has 0 radical (unpaired) electrons. The van der Waals surface area contributed by atoms with E-state index in [9.17, 15) is 18.3 Å². The minimum absolute atomic E-state index is 0.0184. The number of carbonyl (C=O) groups excluding carboxylic acids is 1. The van der Waals surface area contributed by atoms with Crippen molar-refractivity contribution < 1.29 is 18.3 Å². The number of anilines is 1. The minimum Gasteiger partial charge on any atom is -0.390 e.